The van der Waals surface area contributed by atoms with Crippen molar-refractivity contribution in [3.8, 4) is 0 Å². The van der Waals surface area contributed by atoms with E-state index in [0.717, 1.165) is 10.3 Å². The highest BCUT2D eigenvalue weighted by atomic mass is 79.9. The Morgan fingerprint density at radius 1 is 1.75 bits per heavy atom. The number of nitrogens with zero attached hydrogens (tertiary/aromatic N) is 1. The molecule has 0 amide bonds. The summed E-state index contributed by atoms with van der Waals surface area (Å²) in [5.41, 5.74) is 0. The summed E-state index contributed by atoms with van der Waals surface area (Å²) in [5.74, 6) is 0.741. The van der Waals surface area contributed by atoms with Gasteiger partial charge in [-0.1, -0.05) is 12.2 Å². The van der Waals surface area contributed by atoms with Gasteiger partial charge >= 0.3 is 0 Å². The smallest absolute Gasteiger partial charge is 0.136 e. The Labute approximate surface area is 84.3 Å². The van der Waals surface area contributed by atoms with Crippen molar-refractivity contribution in [1.82, 2.24) is 9.97 Å². The number of rotatable bonds is 2. The van der Waals surface area contributed by atoms with Crippen LogP contribution in [0.4, 0.5) is 0 Å². The maximum atomic E-state index is 5.08. The van der Waals surface area contributed by atoms with E-state index in [0.29, 0.717) is 4.64 Å². The second-order valence-corrected chi connectivity index (χ2v) is 3.59. The monoisotopic (exact) mass is 248 g/mol. The molecule has 1 unspecified atom stereocenters. The van der Waals surface area contributed by atoms with Gasteiger partial charge in [0.25, 0.3) is 0 Å². The number of nitrogens with one attached hydrogen (secondary N) is 1. The standard InChI is InChI=1S/C7H9BrN2OS/c1-4(11-2)6-9-3-5(8)7(12)10-6/h3-4H,1-2H3,(H,9,10,12). The summed E-state index contributed by atoms with van der Waals surface area (Å²) in [6.45, 7) is 1.90. The molecule has 12 heavy (non-hydrogen) atoms. The van der Waals surface area contributed by atoms with Crippen LogP contribution in [0.5, 0.6) is 0 Å². The summed E-state index contributed by atoms with van der Waals surface area (Å²) in [5, 5.41) is 0. The Bertz CT molecular complexity index is 325. The van der Waals surface area contributed by atoms with Crippen molar-refractivity contribution in [1.29, 1.82) is 0 Å². The van der Waals surface area contributed by atoms with Crippen molar-refractivity contribution >= 4 is 28.1 Å². The molecule has 3 nitrogen and oxygen atoms in total. The van der Waals surface area contributed by atoms with Crippen LogP contribution in [0.2, 0.25) is 0 Å². The van der Waals surface area contributed by atoms with E-state index < -0.39 is 0 Å². The van der Waals surface area contributed by atoms with Gasteiger partial charge in [-0.05, 0) is 22.9 Å². The third kappa shape index (κ3) is 2.12. The number of aromatic nitrogens is 2. The molecule has 0 spiro atoms. The fourth-order valence-corrected chi connectivity index (χ4v) is 1.07. The molecule has 5 heteroatoms. The number of H-pyrrole nitrogens is 1. The Morgan fingerprint density at radius 3 is 2.92 bits per heavy atom. The first-order chi connectivity index (χ1) is 5.65. The van der Waals surface area contributed by atoms with E-state index in [9.17, 15) is 0 Å². The van der Waals surface area contributed by atoms with Crippen LogP contribution in [0, 0.1) is 4.64 Å². The van der Waals surface area contributed by atoms with Crippen molar-refractivity contribution < 1.29 is 4.74 Å². The van der Waals surface area contributed by atoms with Gasteiger partial charge in [0.2, 0.25) is 0 Å². The highest BCUT2D eigenvalue weighted by Gasteiger charge is 2.05. The summed E-state index contributed by atoms with van der Waals surface area (Å²) < 4.78 is 6.51. The summed E-state index contributed by atoms with van der Waals surface area (Å²) in [7, 11) is 1.63. The van der Waals surface area contributed by atoms with Gasteiger partial charge < -0.3 is 9.72 Å². The summed E-state index contributed by atoms with van der Waals surface area (Å²) >= 11 is 8.27. The average Bonchev–Trinajstić information content (AvgIpc) is 2.08. The number of methoxy groups -OCH3 is 1. The van der Waals surface area contributed by atoms with Crippen LogP contribution in [0.25, 0.3) is 0 Å². The lowest BCUT2D eigenvalue weighted by Gasteiger charge is -2.07. The van der Waals surface area contributed by atoms with Gasteiger partial charge in [0.05, 0.1) is 4.47 Å². The highest BCUT2D eigenvalue weighted by molar-refractivity contribution is 9.10. The SMILES string of the molecule is COC(C)c1ncc(Br)c(=S)[nH]1. The average molecular weight is 249 g/mol. The molecule has 0 aliphatic heterocycles. The van der Waals surface area contributed by atoms with Gasteiger partial charge in [0, 0.05) is 13.3 Å². The molecule has 0 aromatic carbocycles. The lowest BCUT2D eigenvalue weighted by Crippen LogP contribution is -2.02. The molecule has 1 aromatic heterocycles. The normalized spacial score (nSPS) is 12.9. The lowest BCUT2D eigenvalue weighted by molar-refractivity contribution is 0.112. The predicted molar refractivity (Wildman–Crippen MR) is 52.5 cm³/mol. The van der Waals surface area contributed by atoms with Crippen molar-refractivity contribution in [3.63, 3.8) is 0 Å². The fourth-order valence-electron chi connectivity index (χ4n) is 0.711. The van der Waals surface area contributed by atoms with E-state index in [1.165, 1.54) is 0 Å². The topological polar surface area (TPSA) is 37.9 Å². The van der Waals surface area contributed by atoms with Crippen LogP contribution >= 0.6 is 28.1 Å². The zero-order chi connectivity index (χ0) is 9.14. The largest absolute Gasteiger partial charge is 0.374 e. The molecule has 1 rings (SSSR count). The molecule has 0 saturated heterocycles. The number of hydrogen-bond donors (Lipinski definition) is 1. The number of ether oxygens (including phenoxy) is 1. The molecule has 0 fully saturated rings. The highest BCUT2D eigenvalue weighted by Crippen LogP contribution is 2.13. The first-order valence-corrected chi connectivity index (χ1v) is 4.62. The van der Waals surface area contributed by atoms with Crippen molar-refractivity contribution in [3.05, 3.63) is 21.1 Å². The third-order valence-electron chi connectivity index (χ3n) is 1.51. The van der Waals surface area contributed by atoms with E-state index in [-0.39, 0.29) is 6.10 Å². The molecule has 0 aliphatic rings. The van der Waals surface area contributed by atoms with E-state index in [1.807, 2.05) is 6.92 Å². The molecule has 1 aromatic rings. The van der Waals surface area contributed by atoms with E-state index in [1.54, 1.807) is 13.3 Å². The fraction of sp³-hybridized carbons (Fsp3) is 0.429. The second-order valence-electron chi connectivity index (χ2n) is 2.32. The van der Waals surface area contributed by atoms with Crippen LogP contribution in [0.3, 0.4) is 0 Å². The zero-order valence-corrected chi connectivity index (χ0v) is 9.20. The quantitative estimate of drug-likeness (QED) is 0.818. The van der Waals surface area contributed by atoms with Crippen molar-refractivity contribution in [2.75, 3.05) is 7.11 Å². The second kappa shape index (κ2) is 4.11. The number of aromatic amines is 1. The van der Waals surface area contributed by atoms with Crippen LogP contribution in [-0.4, -0.2) is 17.1 Å². The van der Waals surface area contributed by atoms with Crippen LogP contribution < -0.4 is 0 Å². The van der Waals surface area contributed by atoms with Crippen molar-refractivity contribution in [2.45, 2.75) is 13.0 Å². The first-order valence-electron chi connectivity index (χ1n) is 3.42. The Hall–Kier alpha value is -0.260. The molecule has 0 bridgehead atoms. The molecule has 1 atom stereocenters. The lowest BCUT2D eigenvalue weighted by atomic mass is 10.4. The molecule has 1 N–H and O–H groups in total. The summed E-state index contributed by atoms with van der Waals surface area (Å²) in [6.07, 6.45) is 1.61. The van der Waals surface area contributed by atoms with E-state index in [2.05, 4.69) is 25.9 Å². The summed E-state index contributed by atoms with van der Waals surface area (Å²) in [6, 6.07) is 0. The number of hydrogen-bond acceptors (Lipinski definition) is 3. The van der Waals surface area contributed by atoms with Crippen LogP contribution in [0.15, 0.2) is 10.7 Å². The Balaban J connectivity index is 3.05. The number of halogens is 1. The molecule has 0 radical (unpaired) electrons. The van der Waals surface area contributed by atoms with Gasteiger partial charge in [-0.15, -0.1) is 0 Å². The van der Waals surface area contributed by atoms with Crippen LogP contribution in [-0.2, 0) is 4.74 Å². The molecule has 66 valence electrons. The maximum Gasteiger partial charge on any atom is 0.136 e. The van der Waals surface area contributed by atoms with Gasteiger partial charge in [-0.25, -0.2) is 4.98 Å². The van der Waals surface area contributed by atoms with E-state index >= 15 is 0 Å². The molecule has 0 aliphatic carbocycles. The summed E-state index contributed by atoms with van der Waals surface area (Å²) in [4.78, 5) is 7.07. The molecule has 1 heterocycles. The molecular formula is C7H9BrN2OS. The zero-order valence-electron chi connectivity index (χ0n) is 6.80. The van der Waals surface area contributed by atoms with Crippen LogP contribution in [0.1, 0.15) is 18.9 Å². The minimum absolute atomic E-state index is 0.0557. The minimum atomic E-state index is -0.0557. The van der Waals surface area contributed by atoms with Gasteiger partial charge in [0.1, 0.15) is 16.6 Å². The maximum absolute atomic E-state index is 5.08. The minimum Gasteiger partial charge on any atom is -0.374 e. The Morgan fingerprint density at radius 2 is 2.42 bits per heavy atom. The van der Waals surface area contributed by atoms with Gasteiger partial charge in [0.15, 0.2) is 0 Å². The third-order valence-corrected chi connectivity index (χ3v) is 2.70. The molecular weight excluding hydrogens is 240 g/mol. The van der Waals surface area contributed by atoms with E-state index in [4.69, 9.17) is 17.0 Å². The first kappa shape index (κ1) is 9.83. The van der Waals surface area contributed by atoms with Gasteiger partial charge in [-0.3, -0.25) is 0 Å². The molecule has 0 saturated carbocycles. The predicted octanol–water partition coefficient (Wildman–Crippen LogP) is 2.61. The van der Waals surface area contributed by atoms with Gasteiger partial charge in [-0.2, -0.15) is 0 Å². The van der Waals surface area contributed by atoms with Crippen molar-refractivity contribution in [2.24, 2.45) is 0 Å². The Kier molecular flexibility index (Phi) is 3.37.